The maximum absolute atomic E-state index is 13.5. The Kier molecular flexibility index (Phi) is 5.79. The predicted octanol–water partition coefficient (Wildman–Crippen LogP) is 2.69. The van der Waals surface area contributed by atoms with E-state index in [4.69, 9.17) is 4.74 Å². The molecule has 8 nitrogen and oxygen atoms in total. The Morgan fingerprint density at radius 2 is 1.68 bits per heavy atom. The molecule has 0 radical (unpaired) electrons. The molecule has 1 aliphatic rings. The molecule has 1 aliphatic heterocycles. The van der Waals surface area contributed by atoms with Crippen molar-refractivity contribution in [3.8, 4) is 5.75 Å². The second-order valence-electron chi connectivity index (χ2n) is 8.50. The van der Waals surface area contributed by atoms with Crippen molar-refractivity contribution in [2.45, 2.75) is 26.1 Å². The summed E-state index contributed by atoms with van der Waals surface area (Å²) in [7, 11) is 3.40. The Morgan fingerprint density at radius 1 is 0.971 bits per heavy atom. The van der Waals surface area contributed by atoms with Gasteiger partial charge in [-0.2, -0.15) is 5.10 Å². The number of aryl methyl sites for hydroxylation is 1. The van der Waals surface area contributed by atoms with Crippen molar-refractivity contribution in [2.75, 3.05) is 13.7 Å². The van der Waals surface area contributed by atoms with Crippen molar-refractivity contribution in [1.82, 2.24) is 24.0 Å². The fraction of sp³-hybridized carbons (Fsp3) is 0.269. The molecule has 34 heavy (non-hydrogen) atoms. The highest BCUT2D eigenvalue weighted by atomic mass is 16.5. The fourth-order valence-corrected chi connectivity index (χ4v) is 4.54. The van der Waals surface area contributed by atoms with E-state index in [1.54, 1.807) is 36.0 Å². The van der Waals surface area contributed by atoms with Crippen LogP contribution in [0.4, 0.5) is 0 Å². The maximum Gasteiger partial charge on any atom is 0.272 e. The van der Waals surface area contributed by atoms with Gasteiger partial charge in [0, 0.05) is 25.4 Å². The van der Waals surface area contributed by atoms with Crippen LogP contribution in [0, 0.1) is 0 Å². The van der Waals surface area contributed by atoms with E-state index in [0.29, 0.717) is 38.3 Å². The van der Waals surface area contributed by atoms with Crippen LogP contribution in [0.25, 0.3) is 0 Å². The first-order valence-corrected chi connectivity index (χ1v) is 11.3. The first-order valence-electron chi connectivity index (χ1n) is 11.3. The SMILES string of the molecule is COc1ccc(Cn2c3c(c(=O)n2Cc2ccccc2)CCN(C(=O)c2ccnn2C)C3)cc1. The number of carbonyl (C=O) groups is 1. The molecule has 5 rings (SSSR count). The minimum absolute atomic E-state index is 0.0139. The zero-order valence-corrected chi connectivity index (χ0v) is 19.3. The third-order valence-electron chi connectivity index (χ3n) is 6.41. The Morgan fingerprint density at radius 3 is 2.35 bits per heavy atom. The van der Waals surface area contributed by atoms with Gasteiger partial charge in [-0.1, -0.05) is 42.5 Å². The number of aromatic nitrogens is 4. The molecule has 174 valence electrons. The van der Waals surface area contributed by atoms with Crippen molar-refractivity contribution >= 4 is 5.91 Å². The van der Waals surface area contributed by atoms with Gasteiger partial charge >= 0.3 is 0 Å². The van der Waals surface area contributed by atoms with Gasteiger partial charge in [0.05, 0.1) is 32.4 Å². The molecule has 0 bridgehead atoms. The predicted molar refractivity (Wildman–Crippen MR) is 128 cm³/mol. The van der Waals surface area contributed by atoms with Crippen LogP contribution >= 0.6 is 0 Å². The lowest BCUT2D eigenvalue weighted by atomic mass is 10.1. The van der Waals surface area contributed by atoms with Crippen molar-refractivity contribution in [3.63, 3.8) is 0 Å². The van der Waals surface area contributed by atoms with Gasteiger partial charge in [0.1, 0.15) is 11.4 Å². The number of carbonyl (C=O) groups excluding carboxylic acids is 1. The topological polar surface area (TPSA) is 74.3 Å². The molecular formula is C26H27N5O3. The van der Waals surface area contributed by atoms with E-state index in [2.05, 4.69) is 5.10 Å². The smallest absolute Gasteiger partial charge is 0.272 e. The fourth-order valence-electron chi connectivity index (χ4n) is 4.54. The van der Waals surface area contributed by atoms with Gasteiger partial charge in [-0.15, -0.1) is 0 Å². The Hall–Kier alpha value is -4.07. The molecule has 0 fully saturated rings. The van der Waals surface area contributed by atoms with Crippen molar-refractivity contribution < 1.29 is 9.53 Å². The zero-order chi connectivity index (χ0) is 23.7. The van der Waals surface area contributed by atoms with Gasteiger partial charge in [0.2, 0.25) is 0 Å². The number of hydrogen-bond donors (Lipinski definition) is 0. The van der Waals surface area contributed by atoms with Gasteiger partial charge in [0.15, 0.2) is 0 Å². The summed E-state index contributed by atoms with van der Waals surface area (Å²) in [6.07, 6.45) is 2.15. The van der Waals surface area contributed by atoms with Crippen LogP contribution in [-0.4, -0.2) is 43.6 Å². The summed E-state index contributed by atoms with van der Waals surface area (Å²) >= 11 is 0. The van der Waals surface area contributed by atoms with E-state index in [1.807, 2.05) is 64.0 Å². The highest BCUT2D eigenvalue weighted by molar-refractivity contribution is 5.92. The number of rotatable bonds is 6. The number of hydrogen-bond acceptors (Lipinski definition) is 4. The van der Waals surface area contributed by atoms with Crippen molar-refractivity contribution in [2.24, 2.45) is 7.05 Å². The molecule has 1 amide bonds. The molecule has 8 heteroatoms. The first kappa shape index (κ1) is 21.8. The second-order valence-corrected chi connectivity index (χ2v) is 8.50. The van der Waals surface area contributed by atoms with E-state index in [9.17, 15) is 9.59 Å². The van der Waals surface area contributed by atoms with Crippen LogP contribution < -0.4 is 10.3 Å². The van der Waals surface area contributed by atoms with E-state index in [0.717, 1.165) is 28.1 Å². The van der Waals surface area contributed by atoms with Crippen LogP contribution in [0.1, 0.15) is 32.9 Å². The summed E-state index contributed by atoms with van der Waals surface area (Å²) in [5.74, 6) is 0.706. The number of methoxy groups -OCH3 is 1. The van der Waals surface area contributed by atoms with Gasteiger partial charge < -0.3 is 9.64 Å². The lowest BCUT2D eigenvalue weighted by Crippen LogP contribution is -2.38. The third-order valence-corrected chi connectivity index (χ3v) is 6.41. The molecule has 0 saturated carbocycles. The standard InChI is InChI=1S/C26H27N5O3/c1-28-23(12-14-27-28)26(33)29-15-13-22-24(18-29)30(16-20-8-10-21(34-2)11-9-20)31(25(22)32)17-19-6-4-3-5-7-19/h3-12,14H,13,15-18H2,1-2H3. The molecule has 3 heterocycles. The molecule has 0 aliphatic carbocycles. The zero-order valence-electron chi connectivity index (χ0n) is 19.3. The van der Waals surface area contributed by atoms with Crippen LogP contribution in [-0.2, 0) is 33.1 Å². The molecule has 0 spiro atoms. The lowest BCUT2D eigenvalue weighted by Gasteiger charge is -2.28. The minimum atomic E-state index is -0.0788. The summed E-state index contributed by atoms with van der Waals surface area (Å²) in [6, 6.07) is 19.5. The minimum Gasteiger partial charge on any atom is -0.497 e. The summed E-state index contributed by atoms with van der Waals surface area (Å²) in [5, 5.41) is 4.13. The number of fused-ring (bicyclic) bond motifs is 1. The van der Waals surface area contributed by atoms with Crippen molar-refractivity contribution in [3.05, 3.63) is 105 Å². The van der Waals surface area contributed by atoms with Crippen LogP contribution in [0.5, 0.6) is 5.75 Å². The van der Waals surface area contributed by atoms with E-state index in [-0.39, 0.29) is 11.5 Å². The van der Waals surface area contributed by atoms with E-state index < -0.39 is 0 Å². The normalized spacial score (nSPS) is 13.1. The Balaban J connectivity index is 1.54. The van der Waals surface area contributed by atoms with Crippen LogP contribution in [0.3, 0.4) is 0 Å². The Bertz CT molecular complexity index is 1370. The van der Waals surface area contributed by atoms with Gasteiger partial charge in [-0.3, -0.25) is 19.0 Å². The third kappa shape index (κ3) is 4.03. The molecule has 2 aromatic heterocycles. The monoisotopic (exact) mass is 457 g/mol. The number of nitrogens with zero attached hydrogens (tertiary/aromatic N) is 5. The summed E-state index contributed by atoms with van der Waals surface area (Å²) in [4.78, 5) is 28.5. The van der Waals surface area contributed by atoms with Crippen LogP contribution in [0.15, 0.2) is 71.7 Å². The summed E-state index contributed by atoms with van der Waals surface area (Å²) in [6.45, 7) is 1.88. The van der Waals surface area contributed by atoms with Gasteiger partial charge in [0.25, 0.3) is 11.5 Å². The van der Waals surface area contributed by atoms with Crippen LogP contribution in [0.2, 0.25) is 0 Å². The van der Waals surface area contributed by atoms with Gasteiger partial charge in [-0.05, 0) is 35.7 Å². The summed E-state index contributed by atoms with van der Waals surface area (Å²) in [5.41, 5.74) is 4.34. The number of amides is 1. The largest absolute Gasteiger partial charge is 0.497 e. The highest BCUT2D eigenvalue weighted by Crippen LogP contribution is 2.22. The second kappa shape index (κ2) is 9.05. The molecule has 0 unspecified atom stereocenters. The molecule has 0 atom stereocenters. The van der Waals surface area contributed by atoms with E-state index >= 15 is 0 Å². The first-order chi connectivity index (χ1) is 16.5. The average molecular weight is 458 g/mol. The molecule has 2 aromatic carbocycles. The number of benzene rings is 2. The molecule has 4 aromatic rings. The van der Waals surface area contributed by atoms with Crippen molar-refractivity contribution in [1.29, 1.82) is 0 Å². The molecule has 0 N–H and O–H groups in total. The highest BCUT2D eigenvalue weighted by Gasteiger charge is 2.30. The van der Waals surface area contributed by atoms with E-state index in [1.165, 1.54) is 0 Å². The number of ether oxygens (including phenoxy) is 1. The maximum atomic E-state index is 13.5. The lowest BCUT2D eigenvalue weighted by molar-refractivity contribution is 0.0718. The summed E-state index contributed by atoms with van der Waals surface area (Å²) < 4.78 is 10.7. The quantitative estimate of drug-likeness (QED) is 0.446. The molecular weight excluding hydrogens is 430 g/mol. The van der Waals surface area contributed by atoms with Gasteiger partial charge in [-0.25, -0.2) is 4.68 Å². The molecule has 0 saturated heterocycles. The average Bonchev–Trinajstić information content (AvgIpc) is 3.41. The Labute approximate surface area is 197 Å².